The first-order valence-corrected chi connectivity index (χ1v) is 9.11. The van der Waals surface area contributed by atoms with E-state index in [1.807, 2.05) is 18.4 Å². The van der Waals surface area contributed by atoms with Crippen LogP contribution in [0.3, 0.4) is 0 Å². The van der Waals surface area contributed by atoms with Gasteiger partial charge in [0.05, 0.1) is 6.61 Å². The zero-order chi connectivity index (χ0) is 15.5. The standard InChI is InChI=1S/C14H25N3O3S/c1-3-8-16-10-14(15-12(16)2)21(19,20)17-9-6-4-5-7-13(17)11-18/h10,13,18H,3-9,11H2,1-2H3. The Morgan fingerprint density at radius 1 is 1.38 bits per heavy atom. The van der Waals surface area contributed by atoms with Gasteiger partial charge in [0, 0.05) is 25.3 Å². The average Bonchev–Trinajstić information content (AvgIpc) is 2.69. The van der Waals surface area contributed by atoms with Gasteiger partial charge in [-0.2, -0.15) is 4.31 Å². The fourth-order valence-corrected chi connectivity index (χ4v) is 4.52. The van der Waals surface area contributed by atoms with E-state index in [9.17, 15) is 13.5 Å². The topological polar surface area (TPSA) is 75.4 Å². The van der Waals surface area contributed by atoms with E-state index < -0.39 is 10.0 Å². The van der Waals surface area contributed by atoms with Crippen LogP contribution in [0.15, 0.2) is 11.2 Å². The van der Waals surface area contributed by atoms with Crippen LogP contribution in [0.2, 0.25) is 0 Å². The Bertz CT molecular complexity index is 568. The van der Waals surface area contributed by atoms with Crippen molar-refractivity contribution in [3.8, 4) is 0 Å². The van der Waals surface area contributed by atoms with Gasteiger partial charge < -0.3 is 9.67 Å². The van der Waals surface area contributed by atoms with Crippen molar-refractivity contribution in [2.24, 2.45) is 0 Å². The third kappa shape index (κ3) is 3.46. The molecule has 1 aromatic rings. The van der Waals surface area contributed by atoms with Gasteiger partial charge in [0.15, 0.2) is 5.03 Å². The minimum atomic E-state index is -3.63. The highest BCUT2D eigenvalue weighted by Gasteiger charge is 2.33. The Hall–Kier alpha value is -0.920. The number of imidazole rings is 1. The van der Waals surface area contributed by atoms with Crippen molar-refractivity contribution in [3.05, 3.63) is 12.0 Å². The van der Waals surface area contributed by atoms with Crippen molar-refractivity contribution in [3.63, 3.8) is 0 Å². The number of aromatic nitrogens is 2. The van der Waals surface area contributed by atoms with Crippen molar-refractivity contribution in [1.29, 1.82) is 0 Å². The summed E-state index contributed by atoms with van der Waals surface area (Å²) in [5.74, 6) is 0.714. The van der Waals surface area contributed by atoms with Gasteiger partial charge >= 0.3 is 0 Å². The molecule has 0 amide bonds. The van der Waals surface area contributed by atoms with Crippen molar-refractivity contribution in [2.75, 3.05) is 13.2 Å². The predicted octanol–water partition coefficient (Wildman–Crippen LogP) is 1.53. The van der Waals surface area contributed by atoms with Crippen molar-refractivity contribution >= 4 is 10.0 Å². The zero-order valence-electron chi connectivity index (χ0n) is 12.8. The number of sulfonamides is 1. The van der Waals surface area contributed by atoms with E-state index in [-0.39, 0.29) is 17.7 Å². The number of aryl methyl sites for hydroxylation is 2. The Morgan fingerprint density at radius 3 is 2.81 bits per heavy atom. The summed E-state index contributed by atoms with van der Waals surface area (Å²) in [6, 6.07) is -0.325. The maximum absolute atomic E-state index is 12.8. The number of aliphatic hydroxyl groups is 1. The van der Waals surface area contributed by atoms with Gasteiger partial charge in [-0.15, -0.1) is 0 Å². The van der Waals surface area contributed by atoms with E-state index >= 15 is 0 Å². The molecule has 1 fully saturated rings. The largest absolute Gasteiger partial charge is 0.395 e. The molecule has 1 atom stereocenters. The Labute approximate surface area is 126 Å². The van der Waals surface area contributed by atoms with Gasteiger partial charge in [0.2, 0.25) is 0 Å². The number of aliphatic hydroxyl groups excluding tert-OH is 1. The molecule has 1 unspecified atom stereocenters. The molecule has 21 heavy (non-hydrogen) atoms. The SMILES string of the molecule is CCCn1cc(S(=O)(=O)N2CCCCCC2CO)nc1C. The van der Waals surface area contributed by atoms with Crippen LogP contribution < -0.4 is 0 Å². The molecular weight excluding hydrogens is 290 g/mol. The summed E-state index contributed by atoms with van der Waals surface area (Å²) in [6.45, 7) is 4.96. The third-order valence-electron chi connectivity index (χ3n) is 4.03. The highest BCUT2D eigenvalue weighted by Crippen LogP contribution is 2.24. The fourth-order valence-electron chi connectivity index (χ4n) is 2.84. The van der Waals surface area contributed by atoms with Gasteiger partial charge in [-0.25, -0.2) is 13.4 Å². The molecule has 0 spiro atoms. The first-order valence-electron chi connectivity index (χ1n) is 7.67. The van der Waals surface area contributed by atoms with Crippen LogP contribution in [0.1, 0.15) is 44.9 Å². The zero-order valence-corrected chi connectivity index (χ0v) is 13.6. The summed E-state index contributed by atoms with van der Waals surface area (Å²) < 4.78 is 29.0. The van der Waals surface area contributed by atoms with Crippen LogP contribution in [0, 0.1) is 6.92 Å². The lowest BCUT2D eigenvalue weighted by atomic mass is 10.1. The molecule has 1 N–H and O–H groups in total. The van der Waals surface area contributed by atoms with Gasteiger partial charge in [0.25, 0.3) is 10.0 Å². The van der Waals surface area contributed by atoms with Crippen molar-refractivity contribution < 1.29 is 13.5 Å². The summed E-state index contributed by atoms with van der Waals surface area (Å²) in [4.78, 5) is 4.23. The lowest BCUT2D eigenvalue weighted by molar-refractivity contribution is 0.186. The number of hydrogen-bond donors (Lipinski definition) is 1. The second-order valence-electron chi connectivity index (χ2n) is 5.62. The molecule has 7 heteroatoms. The smallest absolute Gasteiger partial charge is 0.262 e. The molecule has 0 saturated carbocycles. The van der Waals surface area contributed by atoms with E-state index in [2.05, 4.69) is 4.98 Å². The molecule has 1 aromatic heterocycles. The summed E-state index contributed by atoms with van der Waals surface area (Å²) in [7, 11) is -3.63. The summed E-state index contributed by atoms with van der Waals surface area (Å²) in [5.41, 5.74) is 0. The molecule has 1 saturated heterocycles. The Kier molecular flexibility index (Phi) is 5.40. The maximum atomic E-state index is 12.8. The molecule has 0 radical (unpaired) electrons. The van der Waals surface area contributed by atoms with Crippen LogP contribution in [0.4, 0.5) is 0 Å². The number of rotatable bonds is 5. The van der Waals surface area contributed by atoms with Crippen LogP contribution in [0.5, 0.6) is 0 Å². The molecule has 0 aliphatic carbocycles. The number of hydrogen-bond acceptors (Lipinski definition) is 4. The molecule has 2 heterocycles. The molecule has 0 bridgehead atoms. The summed E-state index contributed by atoms with van der Waals surface area (Å²) in [5, 5.41) is 9.61. The third-order valence-corrected chi connectivity index (χ3v) is 5.85. The van der Waals surface area contributed by atoms with Gasteiger partial charge in [-0.1, -0.05) is 19.8 Å². The van der Waals surface area contributed by atoms with Crippen molar-refractivity contribution in [1.82, 2.24) is 13.9 Å². The molecule has 0 aromatic carbocycles. The van der Waals surface area contributed by atoms with Crippen LogP contribution in [-0.4, -0.2) is 46.6 Å². The molecular formula is C14H25N3O3S. The molecule has 6 nitrogen and oxygen atoms in total. The molecule has 1 aliphatic rings. The first-order chi connectivity index (χ1) is 10.0. The highest BCUT2D eigenvalue weighted by atomic mass is 32.2. The van der Waals surface area contributed by atoms with E-state index in [0.717, 1.165) is 32.2 Å². The lowest BCUT2D eigenvalue weighted by Gasteiger charge is -2.26. The fraction of sp³-hybridized carbons (Fsp3) is 0.786. The normalized spacial score (nSPS) is 21.4. The van der Waals surface area contributed by atoms with Crippen LogP contribution in [0.25, 0.3) is 0 Å². The monoisotopic (exact) mass is 315 g/mol. The molecule has 1 aliphatic heterocycles. The van der Waals surface area contributed by atoms with Gasteiger partial charge in [-0.05, 0) is 26.2 Å². The predicted molar refractivity (Wildman–Crippen MR) is 80.5 cm³/mol. The second-order valence-corrected chi connectivity index (χ2v) is 7.46. The highest BCUT2D eigenvalue weighted by molar-refractivity contribution is 7.89. The van der Waals surface area contributed by atoms with Gasteiger partial charge in [-0.3, -0.25) is 0 Å². The van der Waals surface area contributed by atoms with E-state index in [1.165, 1.54) is 4.31 Å². The molecule has 120 valence electrons. The van der Waals surface area contributed by atoms with Gasteiger partial charge in [0.1, 0.15) is 5.82 Å². The second kappa shape index (κ2) is 6.89. The minimum absolute atomic E-state index is 0.105. The quantitative estimate of drug-likeness (QED) is 0.894. The average molecular weight is 315 g/mol. The summed E-state index contributed by atoms with van der Waals surface area (Å²) >= 11 is 0. The minimum Gasteiger partial charge on any atom is -0.395 e. The Morgan fingerprint density at radius 2 is 2.14 bits per heavy atom. The first kappa shape index (κ1) is 16.5. The lowest BCUT2D eigenvalue weighted by Crippen LogP contribution is -2.42. The van der Waals surface area contributed by atoms with Crippen LogP contribution in [-0.2, 0) is 16.6 Å². The van der Waals surface area contributed by atoms with E-state index in [0.29, 0.717) is 18.8 Å². The van der Waals surface area contributed by atoms with E-state index in [1.54, 1.807) is 6.20 Å². The number of nitrogens with zero attached hydrogens (tertiary/aromatic N) is 3. The Balaban J connectivity index is 2.33. The van der Waals surface area contributed by atoms with Crippen LogP contribution >= 0.6 is 0 Å². The maximum Gasteiger partial charge on any atom is 0.262 e. The van der Waals surface area contributed by atoms with Crippen molar-refractivity contribution in [2.45, 2.75) is 63.6 Å². The van der Waals surface area contributed by atoms with E-state index in [4.69, 9.17) is 0 Å². The summed E-state index contributed by atoms with van der Waals surface area (Å²) in [6.07, 6.45) is 6.06. The molecule has 2 rings (SSSR count).